The molecule has 0 atom stereocenters. The number of nitrogens with zero attached hydrogens (tertiary/aromatic N) is 4. The normalized spacial score (nSPS) is 14.6. The number of carbonyl (C=O) groups is 1. The molecule has 2 heterocycles. The van der Waals surface area contributed by atoms with Crippen molar-refractivity contribution in [3.05, 3.63) is 45.8 Å². The number of hydrogen-bond acceptors (Lipinski definition) is 4. The fourth-order valence-corrected chi connectivity index (χ4v) is 3.37. The van der Waals surface area contributed by atoms with Crippen LogP contribution in [0.25, 0.3) is 0 Å². The molecule has 3 rings (SSSR count). The van der Waals surface area contributed by atoms with Crippen LogP contribution in [0.4, 0.5) is 16.3 Å². The Hall–Kier alpha value is -2.05. The predicted molar refractivity (Wildman–Crippen MR) is 110 cm³/mol. The largest absolute Gasteiger partial charge is 0.353 e. The summed E-state index contributed by atoms with van der Waals surface area (Å²) in [6.45, 7) is 8.81. The maximum absolute atomic E-state index is 12.5. The van der Waals surface area contributed by atoms with Gasteiger partial charge < -0.3 is 15.1 Å². The lowest BCUT2D eigenvalue weighted by atomic mass is 10.2. The third kappa shape index (κ3) is 4.82. The highest BCUT2D eigenvalue weighted by Crippen LogP contribution is 2.26. The van der Waals surface area contributed by atoms with Crippen molar-refractivity contribution in [3.63, 3.8) is 0 Å². The lowest BCUT2D eigenvalue weighted by Crippen LogP contribution is -2.50. The molecule has 1 fully saturated rings. The molecule has 0 spiro atoms. The van der Waals surface area contributed by atoms with Gasteiger partial charge in [0.05, 0.1) is 10.7 Å². The Kier molecular flexibility index (Phi) is 6.07. The minimum absolute atomic E-state index is 0.166. The molecule has 27 heavy (non-hydrogen) atoms. The molecule has 1 aromatic carbocycles. The first-order valence-electron chi connectivity index (χ1n) is 8.95. The number of nitrogens with one attached hydrogen (secondary N) is 1. The van der Waals surface area contributed by atoms with E-state index >= 15 is 0 Å². The van der Waals surface area contributed by atoms with Crippen molar-refractivity contribution in [2.24, 2.45) is 0 Å². The van der Waals surface area contributed by atoms with Crippen molar-refractivity contribution >= 4 is 40.7 Å². The highest BCUT2D eigenvalue weighted by atomic mass is 35.5. The molecule has 0 radical (unpaired) electrons. The maximum Gasteiger partial charge on any atom is 0.322 e. The van der Waals surface area contributed by atoms with Gasteiger partial charge in [-0.1, -0.05) is 37.0 Å². The Labute approximate surface area is 169 Å². The van der Waals surface area contributed by atoms with Crippen LogP contribution in [0.3, 0.4) is 0 Å². The molecule has 2 aromatic rings. The zero-order valence-electron chi connectivity index (χ0n) is 15.7. The molecule has 0 unspecified atom stereocenters. The van der Waals surface area contributed by atoms with Crippen molar-refractivity contribution in [2.75, 3.05) is 36.4 Å². The predicted octanol–water partition coefficient (Wildman–Crippen LogP) is 4.57. The van der Waals surface area contributed by atoms with Crippen LogP contribution < -0.4 is 10.2 Å². The van der Waals surface area contributed by atoms with Gasteiger partial charge in [0, 0.05) is 48.9 Å². The summed E-state index contributed by atoms with van der Waals surface area (Å²) in [4.78, 5) is 25.7. The van der Waals surface area contributed by atoms with E-state index in [9.17, 15) is 4.79 Å². The zero-order valence-corrected chi connectivity index (χ0v) is 17.2. The Balaban J connectivity index is 1.62. The lowest BCUT2D eigenvalue weighted by Gasteiger charge is -2.35. The molecular formula is C19H23Cl2N5O. The van der Waals surface area contributed by atoms with Gasteiger partial charge in [0.1, 0.15) is 11.6 Å². The second kappa shape index (κ2) is 8.31. The van der Waals surface area contributed by atoms with Gasteiger partial charge in [0.15, 0.2) is 0 Å². The van der Waals surface area contributed by atoms with Gasteiger partial charge in [-0.2, -0.15) is 0 Å². The first-order valence-corrected chi connectivity index (χ1v) is 9.70. The SMILES string of the molecule is Cc1cc(N2CCN(C(=O)Nc3ccc(Cl)cc3Cl)CC2)nc(C(C)C)n1. The standard InChI is InChI=1S/C19H23Cl2N5O/c1-12(2)18-22-13(3)10-17(24-18)25-6-8-26(9-7-25)19(27)23-16-5-4-14(20)11-15(16)21/h4-5,10-12H,6-9H2,1-3H3,(H,23,27). The lowest BCUT2D eigenvalue weighted by molar-refractivity contribution is 0.208. The molecule has 2 amide bonds. The van der Waals surface area contributed by atoms with Crippen LogP contribution in [-0.4, -0.2) is 47.1 Å². The average molecular weight is 408 g/mol. The number of carbonyl (C=O) groups excluding carboxylic acids is 1. The van der Waals surface area contributed by atoms with E-state index in [-0.39, 0.29) is 11.9 Å². The molecule has 1 aromatic heterocycles. The minimum Gasteiger partial charge on any atom is -0.353 e. The van der Waals surface area contributed by atoms with E-state index in [0.29, 0.717) is 28.8 Å². The van der Waals surface area contributed by atoms with E-state index in [2.05, 4.69) is 34.0 Å². The molecule has 6 nitrogen and oxygen atoms in total. The van der Waals surface area contributed by atoms with Crippen molar-refractivity contribution in [2.45, 2.75) is 26.7 Å². The molecular weight excluding hydrogens is 385 g/mol. The van der Waals surface area contributed by atoms with E-state index in [0.717, 1.165) is 30.4 Å². The summed E-state index contributed by atoms with van der Waals surface area (Å²) in [5.41, 5.74) is 1.52. The number of aryl methyl sites for hydroxylation is 1. The van der Waals surface area contributed by atoms with Gasteiger partial charge in [-0.05, 0) is 25.1 Å². The molecule has 1 N–H and O–H groups in total. The highest BCUT2D eigenvalue weighted by molar-refractivity contribution is 6.36. The van der Waals surface area contributed by atoms with Gasteiger partial charge >= 0.3 is 6.03 Å². The summed E-state index contributed by atoms with van der Waals surface area (Å²) < 4.78 is 0. The summed E-state index contributed by atoms with van der Waals surface area (Å²) in [7, 11) is 0. The second-order valence-corrected chi connectivity index (χ2v) is 7.75. The van der Waals surface area contributed by atoms with Crippen LogP contribution in [-0.2, 0) is 0 Å². The third-order valence-electron chi connectivity index (χ3n) is 4.44. The number of hydrogen-bond donors (Lipinski definition) is 1. The maximum atomic E-state index is 12.5. The first kappa shape index (κ1) is 19.7. The number of anilines is 2. The number of rotatable bonds is 3. The number of amides is 2. The van der Waals surface area contributed by atoms with Crippen LogP contribution in [0.15, 0.2) is 24.3 Å². The van der Waals surface area contributed by atoms with Crippen LogP contribution in [0.5, 0.6) is 0 Å². The van der Waals surface area contributed by atoms with E-state index in [4.69, 9.17) is 23.2 Å². The van der Waals surface area contributed by atoms with Gasteiger partial charge in [0.2, 0.25) is 0 Å². The van der Waals surface area contributed by atoms with E-state index in [1.165, 1.54) is 0 Å². The molecule has 8 heteroatoms. The topological polar surface area (TPSA) is 61.4 Å². The third-order valence-corrected chi connectivity index (χ3v) is 4.99. The summed E-state index contributed by atoms with van der Waals surface area (Å²) in [6, 6.07) is 6.84. The van der Waals surface area contributed by atoms with Crippen LogP contribution in [0, 0.1) is 6.92 Å². The molecule has 1 saturated heterocycles. The second-order valence-electron chi connectivity index (χ2n) is 6.91. The fraction of sp³-hybridized carbons (Fsp3) is 0.421. The zero-order chi connectivity index (χ0) is 19.6. The number of piperazine rings is 1. The molecule has 1 aliphatic heterocycles. The van der Waals surface area contributed by atoms with Crippen molar-refractivity contribution < 1.29 is 4.79 Å². The fourth-order valence-electron chi connectivity index (χ4n) is 2.92. The summed E-state index contributed by atoms with van der Waals surface area (Å²) >= 11 is 12.0. The first-order chi connectivity index (χ1) is 12.8. The average Bonchev–Trinajstić information content (AvgIpc) is 2.63. The van der Waals surface area contributed by atoms with Crippen molar-refractivity contribution in [1.82, 2.24) is 14.9 Å². The van der Waals surface area contributed by atoms with Crippen LogP contribution >= 0.6 is 23.2 Å². The number of benzene rings is 1. The molecule has 1 aliphatic rings. The van der Waals surface area contributed by atoms with Gasteiger partial charge in [-0.25, -0.2) is 14.8 Å². The van der Waals surface area contributed by atoms with Crippen molar-refractivity contribution in [1.29, 1.82) is 0 Å². The van der Waals surface area contributed by atoms with Crippen LogP contribution in [0.2, 0.25) is 10.0 Å². The molecule has 0 aliphatic carbocycles. The van der Waals surface area contributed by atoms with Crippen molar-refractivity contribution in [3.8, 4) is 0 Å². The molecule has 144 valence electrons. The Morgan fingerprint density at radius 1 is 1.11 bits per heavy atom. The quantitative estimate of drug-likeness (QED) is 0.808. The smallest absolute Gasteiger partial charge is 0.322 e. The Bertz CT molecular complexity index is 835. The van der Waals surface area contributed by atoms with Gasteiger partial charge in [0.25, 0.3) is 0 Å². The highest BCUT2D eigenvalue weighted by Gasteiger charge is 2.23. The summed E-state index contributed by atoms with van der Waals surface area (Å²) in [6.07, 6.45) is 0. The van der Waals surface area contributed by atoms with E-state index in [1.54, 1.807) is 23.1 Å². The minimum atomic E-state index is -0.166. The Morgan fingerprint density at radius 2 is 1.81 bits per heavy atom. The number of aromatic nitrogens is 2. The number of urea groups is 1. The van der Waals surface area contributed by atoms with Gasteiger partial charge in [-0.15, -0.1) is 0 Å². The van der Waals surface area contributed by atoms with E-state index < -0.39 is 0 Å². The monoisotopic (exact) mass is 407 g/mol. The molecule has 0 bridgehead atoms. The Morgan fingerprint density at radius 3 is 2.44 bits per heavy atom. The number of halogens is 2. The molecule has 0 saturated carbocycles. The summed E-state index contributed by atoms with van der Waals surface area (Å²) in [5.74, 6) is 2.05. The summed E-state index contributed by atoms with van der Waals surface area (Å²) in [5, 5.41) is 3.81. The van der Waals surface area contributed by atoms with Gasteiger partial charge in [-0.3, -0.25) is 0 Å². The van der Waals surface area contributed by atoms with E-state index in [1.807, 2.05) is 13.0 Å². The van der Waals surface area contributed by atoms with Crippen LogP contribution in [0.1, 0.15) is 31.3 Å².